The second kappa shape index (κ2) is 13.3. The minimum Gasteiger partial charge on any atom is -0.497 e. The van der Waals surface area contributed by atoms with E-state index in [2.05, 4.69) is 10.2 Å². The van der Waals surface area contributed by atoms with Crippen LogP contribution in [0, 0.1) is 6.92 Å². The SMILES string of the molecule is COc1ccc(-n2c(SCC(=O)N3CCN(C(=O)COc4ccc(Cl)cc4)C(C)C3)nnc2-c2ccc(C)cc2)cc1. The minimum absolute atomic E-state index is 0.0162. The maximum absolute atomic E-state index is 13.3. The summed E-state index contributed by atoms with van der Waals surface area (Å²) in [5, 5.41) is 10.2. The molecule has 42 heavy (non-hydrogen) atoms. The van der Waals surface area contributed by atoms with Crippen LogP contribution in [0.4, 0.5) is 0 Å². The summed E-state index contributed by atoms with van der Waals surface area (Å²) in [5.41, 5.74) is 2.95. The maximum atomic E-state index is 13.3. The Labute approximate surface area is 254 Å². The average molecular weight is 606 g/mol. The van der Waals surface area contributed by atoms with E-state index in [0.717, 1.165) is 22.6 Å². The van der Waals surface area contributed by atoms with Crippen LogP contribution in [0.2, 0.25) is 5.02 Å². The van der Waals surface area contributed by atoms with Crippen molar-refractivity contribution in [1.29, 1.82) is 0 Å². The number of amides is 2. The molecule has 1 unspecified atom stereocenters. The second-order valence-corrected chi connectivity index (χ2v) is 11.4. The molecule has 0 aliphatic carbocycles. The van der Waals surface area contributed by atoms with Crippen molar-refractivity contribution in [1.82, 2.24) is 24.6 Å². The molecular weight excluding hydrogens is 574 g/mol. The summed E-state index contributed by atoms with van der Waals surface area (Å²) in [6.07, 6.45) is 0. The molecule has 5 rings (SSSR count). The molecule has 0 N–H and O–H groups in total. The number of hydrogen-bond donors (Lipinski definition) is 0. The summed E-state index contributed by atoms with van der Waals surface area (Å²) in [7, 11) is 1.63. The van der Waals surface area contributed by atoms with Gasteiger partial charge in [-0.15, -0.1) is 10.2 Å². The number of piperazine rings is 1. The van der Waals surface area contributed by atoms with Crippen LogP contribution in [0.5, 0.6) is 11.5 Å². The van der Waals surface area contributed by atoms with Crippen LogP contribution in [0.15, 0.2) is 78.0 Å². The van der Waals surface area contributed by atoms with Crippen molar-refractivity contribution in [2.75, 3.05) is 39.1 Å². The zero-order chi connectivity index (χ0) is 29.6. The van der Waals surface area contributed by atoms with E-state index in [9.17, 15) is 9.59 Å². The zero-order valence-corrected chi connectivity index (χ0v) is 25.3. The normalized spacial score (nSPS) is 15.0. The summed E-state index contributed by atoms with van der Waals surface area (Å²) in [6.45, 7) is 5.26. The fraction of sp³-hybridized carbons (Fsp3) is 0.290. The highest BCUT2D eigenvalue weighted by Crippen LogP contribution is 2.29. The number of carbonyl (C=O) groups excluding carboxylic acids is 2. The van der Waals surface area contributed by atoms with Gasteiger partial charge in [0.25, 0.3) is 5.91 Å². The van der Waals surface area contributed by atoms with Crippen LogP contribution in [-0.4, -0.2) is 81.5 Å². The van der Waals surface area contributed by atoms with E-state index in [1.54, 1.807) is 41.2 Å². The number of benzene rings is 3. The predicted octanol–water partition coefficient (Wildman–Crippen LogP) is 5.14. The Bertz CT molecular complexity index is 1530. The molecular formula is C31H32ClN5O4S. The highest BCUT2D eigenvalue weighted by Gasteiger charge is 2.30. The van der Waals surface area contributed by atoms with E-state index in [-0.39, 0.29) is 30.2 Å². The van der Waals surface area contributed by atoms with Gasteiger partial charge >= 0.3 is 0 Å². The van der Waals surface area contributed by atoms with Gasteiger partial charge in [-0.1, -0.05) is 53.2 Å². The lowest BCUT2D eigenvalue weighted by molar-refractivity contribution is -0.142. The fourth-order valence-corrected chi connectivity index (χ4v) is 5.73. The Kier molecular flexibility index (Phi) is 9.34. The predicted molar refractivity (Wildman–Crippen MR) is 164 cm³/mol. The molecule has 11 heteroatoms. The molecule has 1 aromatic heterocycles. The third-order valence-electron chi connectivity index (χ3n) is 7.07. The number of nitrogens with zero attached hydrogens (tertiary/aromatic N) is 5. The van der Waals surface area contributed by atoms with Crippen molar-refractivity contribution in [2.24, 2.45) is 0 Å². The van der Waals surface area contributed by atoms with E-state index in [0.29, 0.717) is 41.4 Å². The number of aryl methyl sites for hydroxylation is 1. The molecule has 4 aromatic rings. The third kappa shape index (κ3) is 6.88. The van der Waals surface area contributed by atoms with E-state index in [1.165, 1.54) is 11.8 Å². The van der Waals surface area contributed by atoms with Crippen molar-refractivity contribution in [2.45, 2.75) is 25.0 Å². The molecule has 1 atom stereocenters. The van der Waals surface area contributed by atoms with Gasteiger partial charge in [0.15, 0.2) is 17.6 Å². The number of aromatic nitrogens is 3. The lowest BCUT2D eigenvalue weighted by Gasteiger charge is -2.39. The van der Waals surface area contributed by atoms with Gasteiger partial charge in [-0.05, 0) is 62.4 Å². The van der Waals surface area contributed by atoms with E-state index < -0.39 is 0 Å². The first-order valence-corrected chi connectivity index (χ1v) is 14.9. The summed E-state index contributed by atoms with van der Waals surface area (Å²) in [6, 6.07) is 22.5. The number of ether oxygens (including phenoxy) is 2. The first-order valence-electron chi connectivity index (χ1n) is 13.6. The maximum Gasteiger partial charge on any atom is 0.260 e. The quantitative estimate of drug-likeness (QED) is 0.244. The Balaban J connectivity index is 1.23. The van der Waals surface area contributed by atoms with Gasteiger partial charge in [0.2, 0.25) is 5.91 Å². The summed E-state index contributed by atoms with van der Waals surface area (Å²) < 4.78 is 12.9. The van der Waals surface area contributed by atoms with Crippen LogP contribution in [0.3, 0.4) is 0 Å². The average Bonchev–Trinajstić information content (AvgIpc) is 3.43. The van der Waals surface area contributed by atoms with Crippen LogP contribution in [-0.2, 0) is 9.59 Å². The number of methoxy groups -OCH3 is 1. The monoisotopic (exact) mass is 605 g/mol. The highest BCUT2D eigenvalue weighted by molar-refractivity contribution is 7.99. The molecule has 2 amide bonds. The molecule has 1 saturated heterocycles. The van der Waals surface area contributed by atoms with E-state index in [1.807, 2.05) is 66.9 Å². The number of halogens is 1. The largest absolute Gasteiger partial charge is 0.497 e. The number of thioether (sulfide) groups is 1. The van der Waals surface area contributed by atoms with Gasteiger partial charge in [0.05, 0.1) is 12.9 Å². The molecule has 218 valence electrons. The van der Waals surface area contributed by atoms with Gasteiger partial charge in [-0.3, -0.25) is 14.2 Å². The Morgan fingerprint density at radius 2 is 1.62 bits per heavy atom. The summed E-state index contributed by atoms with van der Waals surface area (Å²) >= 11 is 7.26. The Morgan fingerprint density at radius 1 is 0.929 bits per heavy atom. The van der Waals surface area contributed by atoms with Gasteiger partial charge in [0.1, 0.15) is 11.5 Å². The van der Waals surface area contributed by atoms with Crippen LogP contribution >= 0.6 is 23.4 Å². The fourth-order valence-electron chi connectivity index (χ4n) is 4.75. The lowest BCUT2D eigenvalue weighted by Crippen LogP contribution is -2.56. The van der Waals surface area contributed by atoms with Crippen molar-refractivity contribution < 1.29 is 19.1 Å². The first kappa shape index (κ1) is 29.5. The molecule has 1 fully saturated rings. The smallest absolute Gasteiger partial charge is 0.260 e. The van der Waals surface area contributed by atoms with Crippen LogP contribution in [0.25, 0.3) is 17.1 Å². The van der Waals surface area contributed by atoms with Crippen molar-refractivity contribution in [3.63, 3.8) is 0 Å². The van der Waals surface area contributed by atoms with Gasteiger partial charge in [-0.25, -0.2) is 0 Å². The van der Waals surface area contributed by atoms with E-state index in [4.69, 9.17) is 21.1 Å². The topological polar surface area (TPSA) is 89.8 Å². The zero-order valence-electron chi connectivity index (χ0n) is 23.7. The van der Waals surface area contributed by atoms with Gasteiger partial charge in [-0.2, -0.15) is 0 Å². The molecule has 9 nitrogen and oxygen atoms in total. The molecule has 1 aliphatic rings. The second-order valence-electron chi connectivity index (χ2n) is 10.0. The lowest BCUT2D eigenvalue weighted by atomic mass is 10.1. The summed E-state index contributed by atoms with van der Waals surface area (Å²) in [5.74, 6) is 2.09. The third-order valence-corrected chi connectivity index (χ3v) is 8.24. The summed E-state index contributed by atoms with van der Waals surface area (Å²) in [4.78, 5) is 29.7. The molecule has 0 saturated carbocycles. The molecule has 1 aliphatic heterocycles. The Morgan fingerprint density at radius 3 is 2.29 bits per heavy atom. The molecule has 3 aromatic carbocycles. The van der Waals surface area contributed by atoms with Crippen LogP contribution in [0.1, 0.15) is 12.5 Å². The highest BCUT2D eigenvalue weighted by atomic mass is 35.5. The van der Waals surface area contributed by atoms with Crippen molar-refractivity contribution in [3.8, 4) is 28.6 Å². The van der Waals surface area contributed by atoms with Crippen LogP contribution < -0.4 is 9.47 Å². The minimum atomic E-state index is -0.134. The number of rotatable bonds is 9. The van der Waals surface area contributed by atoms with Gasteiger partial charge in [0, 0.05) is 41.9 Å². The number of carbonyl (C=O) groups is 2. The molecule has 2 heterocycles. The van der Waals surface area contributed by atoms with Crippen molar-refractivity contribution in [3.05, 3.63) is 83.4 Å². The molecule has 0 spiro atoms. The molecule has 0 bridgehead atoms. The number of hydrogen-bond acceptors (Lipinski definition) is 7. The van der Waals surface area contributed by atoms with E-state index >= 15 is 0 Å². The van der Waals surface area contributed by atoms with Gasteiger partial charge < -0.3 is 19.3 Å². The standard InChI is InChI=1S/C31H32ClN5O4S/c1-21-4-6-23(7-5-21)30-33-34-31(37(30)25-10-14-26(40-3)15-11-25)42-20-29(39)35-16-17-36(22(2)18-35)28(38)19-41-27-12-8-24(32)9-13-27/h4-15,22H,16-20H2,1-3H3. The van der Waals surface area contributed by atoms with Crippen molar-refractivity contribution >= 4 is 35.2 Å². The first-order chi connectivity index (χ1) is 20.3. The Hall–Kier alpha value is -4.02. The molecule has 0 radical (unpaired) electrons.